The Kier molecular flexibility index (Phi) is 9.56. The highest BCUT2D eigenvalue weighted by atomic mass is 16.5. The van der Waals surface area contributed by atoms with E-state index in [1.165, 1.54) is 0 Å². The minimum absolute atomic E-state index is 0.00748. The van der Waals surface area contributed by atoms with E-state index in [0.717, 1.165) is 57.5 Å². The Hall–Kier alpha value is -2.12. The molecule has 0 spiro atoms. The van der Waals surface area contributed by atoms with Gasteiger partial charge in [0.2, 0.25) is 5.91 Å². The number of benzene rings is 1. The molecule has 4 atom stereocenters. The summed E-state index contributed by atoms with van der Waals surface area (Å²) >= 11 is 0. The van der Waals surface area contributed by atoms with Gasteiger partial charge in [-0.15, -0.1) is 0 Å². The molecule has 2 saturated heterocycles. The lowest BCUT2D eigenvalue weighted by atomic mass is 9.93. The number of carbonyl (C=O) groups is 2. The van der Waals surface area contributed by atoms with Gasteiger partial charge in [-0.1, -0.05) is 50.6 Å². The van der Waals surface area contributed by atoms with Crippen LogP contribution in [0, 0.1) is 11.8 Å². The molecule has 3 rings (SSSR count). The normalized spacial score (nSPS) is 24.2. The SMILES string of the molecule is CC[C@H](C)[C@H](NC(=O)OCc1ccccc1)C(=O)N1CCC(CN2CC(C)OC(C)C2)CC1. The van der Waals surface area contributed by atoms with Crippen LogP contribution in [0.1, 0.15) is 52.5 Å². The van der Waals surface area contributed by atoms with Crippen LogP contribution in [0.3, 0.4) is 0 Å². The van der Waals surface area contributed by atoms with Gasteiger partial charge < -0.3 is 19.7 Å². The van der Waals surface area contributed by atoms with Crippen molar-refractivity contribution in [2.24, 2.45) is 11.8 Å². The maximum atomic E-state index is 13.3. The van der Waals surface area contributed by atoms with Gasteiger partial charge in [0, 0.05) is 32.7 Å². The molecule has 2 heterocycles. The first-order chi connectivity index (χ1) is 15.9. The highest BCUT2D eigenvalue weighted by Gasteiger charge is 2.33. The second-order valence-corrected chi connectivity index (χ2v) is 9.81. The predicted octanol–water partition coefficient (Wildman–Crippen LogP) is 3.68. The summed E-state index contributed by atoms with van der Waals surface area (Å²) in [5.74, 6) is 0.640. The van der Waals surface area contributed by atoms with Crippen molar-refractivity contribution in [2.75, 3.05) is 32.7 Å². The van der Waals surface area contributed by atoms with E-state index >= 15 is 0 Å². The second-order valence-electron chi connectivity index (χ2n) is 9.81. The van der Waals surface area contributed by atoms with Crippen LogP contribution in [0.2, 0.25) is 0 Å². The smallest absolute Gasteiger partial charge is 0.408 e. The number of piperidine rings is 1. The molecule has 1 N–H and O–H groups in total. The van der Waals surface area contributed by atoms with Crippen LogP contribution in [0.5, 0.6) is 0 Å². The Bertz CT molecular complexity index is 741. The summed E-state index contributed by atoms with van der Waals surface area (Å²) in [4.78, 5) is 30.2. The van der Waals surface area contributed by atoms with Crippen LogP contribution >= 0.6 is 0 Å². The molecule has 184 valence electrons. The first-order valence-corrected chi connectivity index (χ1v) is 12.5. The average Bonchev–Trinajstić information content (AvgIpc) is 2.81. The molecule has 0 aliphatic carbocycles. The standard InChI is InChI=1S/C26H41N3O4/c1-5-19(2)24(27-26(31)32-18-23-9-7-6-8-10-23)25(30)29-13-11-22(12-14-29)17-28-15-20(3)33-21(4)16-28/h6-10,19-22,24H,5,11-18H2,1-4H3,(H,27,31)/t19-,20?,21?,24-/m0/s1. The fraction of sp³-hybridized carbons (Fsp3) is 0.692. The van der Waals surface area contributed by atoms with Crippen LogP contribution in [0.15, 0.2) is 30.3 Å². The van der Waals surface area contributed by atoms with Crippen molar-refractivity contribution in [3.63, 3.8) is 0 Å². The molecule has 2 amide bonds. The Morgan fingerprint density at radius 1 is 1.12 bits per heavy atom. The average molecular weight is 460 g/mol. The van der Waals surface area contributed by atoms with Crippen LogP contribution in [-0.2, 0) is 20.9 Å². The van der Waals surface area contributed by atoms with Gasteiger partial charge in [0.15, 0.2) is 0 Å². The zero-order valence-corrected chi connectivity index (χ0v) is 20.7. The molecule has 2 aliphatic heterocycles. The molecule has 2 aliphatic rings. The number of alkyl carbamates (subject to hydrolysis) is 1. The molecule has 1 aromatic rings. The van der Waals surface area contributed by atoms with E-state index < -0.39 is 12.1 Å². The van der Waals surface area contributed by atoms with E-state index in [2.05, 4.69) is 24.1 Å². The zero-order chi connectivity index (χ0) is 23.8. The van der Waals surface area contributed by atoms with E-state index in [1.807, 2.05) is 49.1 Å². The van der Waals surface area contributed by atoms with Crippen molar-refractivity contribution >= 4 is 12.0 Å². The van der Waals surface area contributed by atoms with E-state index in [-0.39, 0.29) is 30.6 Å². The van der Waals surface area contributed by atoms with E-state index in [1.54, 1.807) is 0 Å². The lowest BCUT2D eigenvalue weighted by Crippen LogP contribution is -2.54. The quantitative estimate of drug-likeness (QED) is 0.642. The number of hydrogen-bond donors (Lipinski definition) is 1. The number of morpholine rings is 1. The van der Waals surface area contributed by atoms with Crippen LogP contribution < -0.4 is 5.32 Å². The van der Waals surface area contributed by atoms with Crippen molar-refractivity contribution in [1.29, 1.82) is 0 Å². The third kappa shape index (κ3) is 7.71. The van der Waals surface area contributed by atoms with Crippen molar-refractivity contribution in [1.82, 2.24) is 15.1 Å². The van der Waals surface area contributed by atoms with E-state index in [4.69, 9.17) is 9.47 Å². The van der Waals surface area contributed by atoms with Crippen molar-refractivity contribution < 1.29 is 19.1 Å². The summed E-state index contributed by atoms with van der Waals surface area (Å²) in [6, 6.07) is 9.00. The summed E-state index contributed by atoms with van der Waals surface area (Å²) in [5.41, 5.74) is 0.921. The maximum Gasteiger partial charge on any atom is 0.408 e. The monoisotopic (exact) mass is 459 g/mol. The van der Waals surface area contributed by atoms with Crippen molar-refractivity contribution in [3.05, 3.63) is 35.9 Å². The maximum absolute atomic E-state index is 13.3. The molecule has 1 aromatic carbocycles. The predicted molar refractivity (Wildman–Crippen MR) is 129 cm³/mol. The Balaban J connectivity index is 1.48. The highest BCUT2D eigenvalue weighted by Crippen LogP contribution is 2.22. The number of likely N-dealkylation sites (tertiary alicyclic amines) is 1. The van der Waals surface area contributed by atoms with Gasteiger partial charge >= 0.3 is 6.09 Å². The number of amides is 2. The largest absolute Gasteiger partial charge is 0.445 e. The van der Waals surface area contributed by atoms with Gasteiger partial charge in [0.05, 0.1) is 12.2 Å². The lowest BCUT2D eigenvalue weighted by molar-refractivity contribution is -0.136. The van der Waals surface area contributed by atoms with Gasteiger partial charge in [0.1, 0.15) is 12.6 Å². The summed E-state index contributed by atoms with van der Waals surface area (Å²) < 4.78 is 11.2. The third-order valence-corrected chi connectivity index (χ3v) is 6.90. The van der Waals surface area contributed by atoms with E-state index in [0.29, 0.717) is 5.92 Å². The summed E-state index contributed by atoms with van der Waals surface area (Å²) in [6.07, 6.45) is 2.82. The summed E-state index contributed by atoms with van der Waals surface area (Å²) in [5, 5.41) is 2.85. The first-order valence-electron chi connectivity index (χ1n) is 12.5. The molecule has 0 bridgehead atoms. The number of nitrogens with zero attached hydrogens (tertiary/aromatic N) is 2. The Morgan fingerprint density at radius 3 is 2.36 bits per heavy atom. The molecule has 7 nitrogen and oxygen atoms in total. The van der Waals surface area contributed by atoms with Gasteiger partial charge in [-0.3, -0.25) is 9.69 Å². The number of nitrogens with one attached hydrogen (secondary N) is 1. The fourth-order valence-corrected chi connectivity index (χ4v) is 4.91. The van der Waals surface area contributed by atoms with Gasteiger partial charge in [-0.05, 0) is 44.1 Å². The molecular weight excluding hydrogens is 418 g/mol. The Labute approximate surface area is 198 Å². The minimum Gasteiger partial charge on any atom is -0.445 e. The summed E-state index contributed by atoms with van der Waals surface area (Å²) in [6.45, 7) is 13.0. The van der Waals surface area contributed by atoms with Crippen molar-refractivity contribution in [2.45, 2.75) is 71.8 Å². The van der Waals surface area contributed by atoms with E-state index in [9.17, 15) is 9.59 Å². The Morgan fingerprint density at radius 2 is 1.76 bits per heavy atom. The molecule has 0 aromatic heterocycles. The minimum atomic E-state index is -0.559. The number of rotatable bonds is 8. The summed E-state index contributed by atoms with van der Waals surface area (Å²) in [7, 11) is 0. The fourth-order valence-electron chi connectivity index (χ4n) is 4.91. The van der Waals surface area contributed by atoms with Crippen LogP contribution in [-0.4, -0.2) is 72.8 Å². The third-order valence-electron chi connectivity index (χ3n) is 6.90. The van der Waals surface area contributed by atoms with Gasteiger partial charge in [0.25, 0.3) is 0 Å². The number of carbonyl (C=O) groups excluding carboxylic acids is 2. The van der Waals surface area contributed by atoms with Crippen LogP contribution in [0.4, 0.5) is 4.79 Å². The molecule has 0 saturated carbocycles. The first kappa shape index (κ1) is 25.5. The van der Waals surface area contributed by atoms with Crippen molar-refractivity contribution in [3.8, 4) is 0 Å². The number of hydrogen-bond acceptors (Lipinski definition) is 5. The molecular formula is C26H41N3O4. The molecule has 2 fully saturated rings. The lowest BCUT2D eigenvalue weighted by Gasteiger charge is -2.40. The molecule has 33 heavy (non-hydrogen) atoms. The van der Waals surface area contributed by atoms with Gasteiger partial charge in [-0.2, -0.15) is 0 Å². The second kappa shape index (κ2) is 12.4. The van der Waals surface area contributed by atoms with Gasteiger partial charge in [-0.25, -0.2) is 4.79 Å². The number of ether oxygens (including phenoxy) is 2. The molecule has 0 radical (unpaired) electrons. The van der Waals surface area contributed by atoms with Crippen LogP contribution in [0.25, 0.3) is 0 Å². The zero-order valence-electron chi connectivity index (χ0n) is 20.7. The molecule has 2 unspecified atom stereocenters. The molecule has 7 heteroatoms. The topological polar surface area (TPSA) is 71.1 Å². The highest BCUT2D eigenvalue weighted by molar-refractivity contribution is 5.86.